The lowest BCUT2D eigenvalue weighted by Crippen LogP contribution is -2.57. The molecule has 0 aromatic carbocycles. The van der Waals surface area contributed by atoms with Gasteiger partial charge in [0.05, 0.1) is 12.6 Å². The van der Waals surface area contributed by atoms with E-state index in [2.05, 4.69) is 25.7 Å². The minimum atomic E-state index is -0.0944. The van der Waals surface area contributed by atoms with Crippen molar-refractivity contribution in [2.75, 3.05) is 33.4 Å². The molecule has 1 unspecified atom stereocenters. The van der Waals surface area contributed by atoms with E-state index in [0.29, 0.717) is 19.7 Å². The lowest BCUT2D eigenvalue weighted by molar-refractivity contribution is -0.137. The molecule has 4 heteroatoms. The van der Waals surface area contributed by atoms with Crippen LogP contribution in [0.2, 0.25) is 0 Å². The molecule has 1 amide bonds. The van der Waals surface area contributed by atoms with Gasteiger partial charge in [0.25, 0.3) is 0 Å². The molecule has 1 fully saturated rings. The van der Waals surface area contributed by atoms with Gasteiger partial charge in [-0.05, 0) is 24.8 Å². The van der Waals surface area contributed by atoms with Crippen LogP contribution >= 0.6 is 0 Å². The molecule has 0 aromatic rings. The Kier molecular flexibility index (Phi) is 5.82. The molecule has 0 aliphatic carbocycles. The van der Waals surface area contributed by atoms with Gasteiger partial charge in [-0.1, -0.05) is 19.9 Å². The van der Waals surface area contributed by atoms with Gasteiger partial charge < -0.3 is 15.0 Å². The number of hydrogen-bond donors (Lipinski definition) is 1. The van der Waals surface area contributed by atoms with Crippen LogP contribution in [0.15, 0.2) is 12.7 Å². The minimum Gasteiger partial charge on any atom is -0.383 e. The van der Waals surface area contributed by atoms with Gasteiger partial charge in [-0.3, -0.25) is 4.79 Å². The Morgan fingerprint density at radius 1 is 1.61 bits per heavy atom. The summed E-state index contributed by atoms with van der Waals surface area (Å²) in [6.07, 6.45) is 3.99. The minimum absolute atomic E-state index is 0.0157. The summed E-state index contributed by atoms with van der Waals surface area (Å²) >= 11 is 0. The van der Waals surface area contributed by atoms with Crippen LogP contribution in [0.25, 0.3) is 0 Å². The SMILES string of the molecule is C=CCN(CCOC)C(=O)C1NCCCC1(C)C. The van der Waals surface area contributed by atoms with E-state index in [0.717, 1.165) is 19.4 Å². The summed E-state index contributed by atoms with van der Waals surface area (Å²) in [5.74, 6) is 0.164. The fourth-order valence-electron chi connectivity index (χ4n) is 2.46. The van der Waals surface area contributed by atoms with Crippen LogP contribution in [-0.2, 0) is 9.53 Å². The molecule has 1 aliphatic rings. The van der Waals surface area contributed by atoms with Gasteiger partial charge in [-0.25, -0.2) is 0 Å². The fourth-order valence-corrected chi connectivity index (χ4v) is 2.46. The van der Waals surface area contributed by atoms with E-state index < -0.39 is 0 Å². The second kappa shape index (κ2) is 6.90. The summed E-state index contributed by atoms with van der Waals surface area (Å²) in [6.45, 7) is 10.7. The van der Waals surface area contributed by atoms with Gasteiger partial charge in [-0.2, -0.15) is 0 Å². The smallest absolute Gasteiger partial charge is 0.240 e. The van der Waals surface area contributed by atoms with E-state index in [-0.39, 0.29) is 17.4 Å². The molecule has 0 bridgehead atoms. The first kappa shape index (κ1) is 15.2. The Hall–Kier alpha value is -0.870. The molecule has 0 aromatic heterocycles. The van der Waals surface area contributed by atoms with E-state index in [1.807, 2.05) is 4.90 Å². The predicted octanol–water partition coefficient (Wildman–Crippen LogP) is 1.43. The van der Waals surface area contributed by atoms with Crippen LogP contribution in [-0.4, -0.2) is 50.2 Å². The summed E-state index contributed by atoms with van der Waals surface area (Å²) in [6, 6.07) is -0.0944. The average Bonchev–Trinajstić information content (AvgIpc) is 2.33. The Morgan fingerprint density at radius 2 is 2.33 bits per heavy atom. The van der Waals surface area contributed by atoms with E-state index in [1.54, 1.807) is 13.2 Å². The largest absolute Gasteiger partial charge is 0.383 e. The van der Waals surface area contributed by atoms with Crippen molar-refractivity contribution in [3.8, 4) is 0 Å². The first-order chi connectivity index (χ1) is 8.53. The standard InChI is InChI=1S/C14H26N2O2/c1-5-9-16(10-11-18-4)13(17)12-14(2,3)7-6-8-15-12/h5,12,15H,1,6-11H2,2-4H3. The third-order valence-electron chi connectivity index (χ3n) is 3.60. The van der Waals surface area contributed by atoms with E-state index in [4.69, 9.17) is 4.74 Å². The highest BCUT2D eigenvalue weighted by Crippen LogP contribution is 2.31. The van der Waals surface area contributed by atoms with Crippen LogP contribution in [0.1, 0.15) is 26.7 Å². The lowest BCUT2D eigenvalue weighted by atomic mass is 9.77. The summed E-state index contributed by atoms with van der Waals surface area (Å²) in [4.78, 5) is 14.4. The van der Waals surface area contributed by atoms with Crippen molar-refractivity contribution in [2.45, 2.75) is 32.7 Å². The maximum Gasteiger partial charge on any atom is 0.240 e. The highest BCUT2D eigenvalue weighted by atomic mass is 16.5. The Bertz CT molecular complexity index is 290. The maximum atomic E-state index is 12.6. The molecule has 1 rings (SSSR count). The highest BCUT2D eigenvalue weighted by Gasteiger charge is 2.38. The van der Waals surface area contributed by atoms with Crippen molar-refractivity contribution in [1.82, 2.24) is 10.2 Å². The van der Waals surface area contributed by atoms with Gasteiger partial charge >= 0.3 is 0 Å². The van der Waals surface area contributed by atoms with Gasteiger partial charge in [0.2, 0.25) is 5.91 Å². The van der Waals surface area contributed by atoms with Crippen molar-refractivity contribution < 1.29 is 9.53 Å². The Morgan fingerprint density at radius 3 is 2.89 bits per heavy atom. The monoisotopic (exact) mass is 254 g/mol. The first-order valence-electron chi connectivity index (χ1n) is 6.65. The number of nitrogens with one attached hydrogen (secondary N) is 1. The quantitative estimate of drug-likeness (QED) is 0.729. The summed E-state index contributed by atoms with van der Waals surface area (Å²) in [5, 5.41) is 3.36. The van der Waals surface area contributed by atoms with Crippen molar-refractivity contribution >= 4 is 5.91 Å². The Labute approximate surface area is 110 Å². The fraction of sp³-hybridized carbons (Fsp3) is 0.786. The number of rotatable bonds is 6. The van der Waals surface area contributed by atoms with Crippen LogP contribution in [0.4, 0.5) is 0 Å². The van der Waals surface area contributed by atoms with Crippen molar-refractivity contribution in [2.24, 2.45) is 5.41 Å². The number of carbonyl (C=O) groups is 1. The van der Waals surface area contributed by atoms with Gasteiger partial charge in [0, 0.05) is 20.2 Å². The second-order valence-corrected chi connectivity index (χ2v) is 5.54. The number of methoxy groups -OCH3 is 1. The molecule has 1 saturated heterocycles. The zero-order valence-electron chi connectivity index (χ0n) is 11.9. The molecule has 0 spiro atoms. The number of amides is 1. The molecule has 1 atom stereocenters. The predicted molar refractivity (Wildman–Crippen MR) is 73.5 cm³/mol. The molecular weight excluding hydrogens is 228 g/mol. The van der Waals surface area contributed by atoms with Crippen molar-refractivity contribution in [3.63, 3.8) is 0 Å². The third-order valence-corrected chi connectivity index (χ3v) is 3.60. The number of carbonyl (C=O) groups excluding carboxylic acids is 1. The molecule has 1 heterocycles. The molecule has 4 nitrogen and oxygen atoms in total. The summed E-state index contributed by atoms with van der Waals surface area (Å²) in [7, 11) is 1.65. The van der Waals surface area contributed by atoms with E-state index in [1.165, 1.54) is 0 Å². The highest BCUT2D eigenvalue weighted by molar-refractivity contribution is 5.83. The number of hydrogen-bond acceptors (Lipinski definition) is 3. The van der Waals surface area contributed by atoms with E-state index in [9.17, 15) is 4.79 Å². The molecule has 1 aliphatic heterocycles. The number of ether oxygens (including phenoxy) is 1. The number of piperidine rings is 1. The Balaban J connectivity index is 2.70. The molecule has 104 valence electrons. The summed E-state index contributed by atoms with van der Waals surface area (Å²) in [5.41, 5.74) is 0.0157. The van der Waals surface area contributed by atoms with Crippen LogP contribution in [0.5, 0.6) is 0 Å². The maximum absolute atomic E-state index is 12.6. The van der Waals surface area contributed by atoms with Crippen LogP contribution in [0, 0.1) is 5.41 Å². The van der Waals surface area contributed by atoms with Gasteiger partial charge in [0.15, 0.2) is 0 Å². The van der Waals surface area contributed by atoms with Crippen LogP contribution in [0.3, 0.4) is 0 Å². The van der Waals surface area contributed by atoms with Gasteiger partial charge in [-0.15, -0.1) is 6.58 Å². The van der Waals surface area contributed by atoms with Gasteiger partial charge in [0.1, 0.15) is 0 Å². The topological polar surface area (TPSA) is 41.6 Å². The summed E-state index contributed by atoms with van der Waals surface area (Å²) < 4.78 is 5.06. The molecule has 1 N–H and O–H groups in total. The second-order valence-electron chi connectivity index (χ2n) is 5.54. The molecule has 0 radical (unpaired) electrons. The van der Waals surface area contributed by atoms with E-state index >= 15 is 0 Å². The lowest BCUT2D eigenvalue weighted by Gasteiger charge is -2.40. The zero-order chi connectivity index (χ0) is 13.6. The number of nitrogens with zero attached hydrogens (tertiary/aromatic N) is 1. The normalized spacial score (nSPS) is 22.5. The average molecular weight is 254 g/mol. The first-order valence-corrected chi connectivity index (χ1v) is 6.65. The molecule has 18 heavy (non-hydrogen) atoms. The molecule has 0 saturated carbocycles. The molecular formula is C14H26N2O2. The van der Waals surface area contributed by atoms with Crippen molar-refractivity contribution in [3.05, 3.63) is 12.7 Å². The third kappa shape index (κ3) is 3.82. The van der Waals surface area contributed by atoms with Crippen LogP contribution < -0.4 is 5.32 Å². The van der Waals surface area contributed by atoms with Crippen molar-refractivity contribution in [1.29, 1.82) is 0 Å². The zero-order valence-corrected chi connectivity index (χ0v) is 11.9.